The Labute approximate surface area is 200 Å². The SMILES string of the molecule is O=c1nc(N2CCC3(CC2)CN(Cc2cccc(F)c2)C3)sc2c([N+](=O)[O-])cc(C(F)(F)F)cc12. The quantitative estimate of drug-likeness (QED) is 0.286. The van der Waals surface area contributed by atoms with Crippen molar-refractivity contribution >= 4 is 32.2 Å². The second kappa shape index (κ2) is 8.52. The normalized spacial score (nSPS) is 18.1. The van der Waals surface area contributed by atoms with Crippen molar-refractivity contribution in [1.29, 1.82) is 0 Å². The Bertz CT molecular complexity index is 1360. The fourth-order valence-electron chi connectivity index (χ4n) is 4.97. The number of alkyl halides is 3. The van der Waals surface area contributed by atoms with Gasteiger partial charge >= 0.3 is 6.18 Å². The van der Waals surface area contributed by atoms with Gasteiger partial charge in [0.2, 0.25) is 0 Å². The molecule has 1 spiro atoms. The number of nitrogens with zero attached hydrogens (tertiary/aromatic N) is 4. The van der Waals surface area contributed by atoms with Crippen LogP contribution in [0.2, 0.25) is 0 Å². The number of halogens is 4. The molecule has 0 atom stereocenters. The summed E-state index contributed by atoms with van der Waals surface area (Å²) in [5.41, 5.74) is -1.88. The fourth-order valence-corrected chi connectivity index (χ4v) is 6.09. The van der Waals surface area contributed by atoms with Gasteiger partial charge < -0.3 is 4.90 Å². The Kier molecular flexibility index (Phi) is 5.75. The summed E-state index contributed by atoms with van der Waals surface area (Å²) in [7, 11) is 0. The Morgan fingerprint density at radius 1 is 1.14 bits per heavy atom. The number of aromatic nitrogens is 1. The Hall–Kier alpha value is -3.12. The summed E-state index contributed by atoms with van der Waals surface area (Å²) in [5.74, 6) is -0.261. The zero-order valence-corrected chi connectivity index (χ0v) is 19.2. The summed E-state index contributed by atoms with van der Waals surface area (Å²) < 4.78 is 52.8. The molecule has 2 fully saturated rings. The third-order valence-corrected chi connectivity index (χ3v) is 7.89. The molecule has 2 saturated heterocycles. The Morgan fingerprint density at radius 2 is 1.86 bits per heavy atom. The zero-order chi connectivity index (χ0) is 25.0. The molecule has 184 valence electrons. The first kappa shape index (κ1) is 23.6. The van der Waals surface area contributed by atoms with Crippen LogP contribution in [-0.4, -0.2) is 41.0 Å². The standard InChI is InChI=1S/C23H20F4N4O3S/c24-16-3-1-2-14(8-16)11-29-12-22(13-29)4-6-30(7-5-22)21-28-20(32)17-9-15(23(25,26)27)10-18(31(33)34)19(17)35-21/h1-3,8-10H,4-7,11-13H2. The number of hydrogen-bond donors (Lipinski definition) is 0. The van der Waals surface area contributed by atoms with Crippen LogP contribution in [0.3, 0.4) is 0 Å². The van der Waals surface area contributed by atoms with E-state index in [0.717, 1.165) is 42.8 Å². The van der Waals surface area contributed by atoms with E-state index < -0.39 is 33.3 Å². The van der Waals surface area contributed by atoms with E-state index in [0.29, 0.717) is 31.8 Å². The van der Waals surface area contributed by atoms with Gasteiger partial charge in [0.05, 0.1) is 15.9 Å². The first-order valence-corrected chi connectivity index (χ1v) is 11.8. The zero-order valence-electron chi connectivity index (χ0n) is 18.3. The first-order valence-electron chi connectivity index (χ1n) is 11.0. The van der Waals surface area contributed by atoms with E-state index in [-0.39, 0.29) is 21.1 Å². The molecular weight excluding hydrogens is 488 g/mol. The van der Waals surface area contributed by atoms with Gasteiger partial charge in [-0.2, -0.15) is 18.2 Å². The van der Waals surface area contributed by atoms with E-state index in [4.69, 9.17) is 0 Å². The van der Waals surface area contributed by atoms with Crippen molar-refractivity contribution < 1.29 is 22.5 Å². The highest BCUT2D eigenvalue weighted by Gasteiger charge is 2.45. The molecule has 7 nitrogen and oxygen atoms in total. The van der Waals surface area contributed by atoms with E-state index in [1.165, 1.54) is 12.1 Å². The van der Waals surface area contributed by atoms with Crippen LogP contribution in [-0.2, 0) is 12.7 Å². The van der Waals surface area contributed by atoms with Gasteiger partial charge in [-0.15, -0.1) is 0 Å². The summed E-state index contributed by atoms with van der Waals surface area (Å²) >= 11 is 0.871. The number of nitro benzene ring substituents is 1. The highest BCUT2D eigenvalue weighted by molar-refractivity contribution is 7.22. The highest BCUT2D eigenvalue weighted by atomic mass is 32.1. The number of non-ortho nitro benzene ring substituents is 1. The van der Waals surface area contributed by atoms with Crippen molar-refractivity contribution in [1.82, 2.24) is 9.88 Å². The van der Waals surface area contributed by atoms with E-state index in [2.05, 4.69) is 9.88 Å². The maximum absolute atomic E-state index is 13.4. The van der Waals surface area contributed by atoms with E-state index >= 15 is 0 Å². The van der Waals surface area contributed by atoms with Crippen molar-refractivity contribution in [3.05, 3.63) is 73.8 Å². The van der Waals surface area contributed by atoms with Crippen LogP contribution < -0.4 is 10.5 Å². The average molecular weight is 508 g/mol. The molecule has 2 aliphatic heterocycles. The lowest BCUT2D eigenvalue weighted by molar-refractivity contribution is -0.383. The predicted octanol–water partition coefficient (Wildman–Crippen LogP) is 4.83. The van der Waals surface area contributed by atoms with Crippen LogP contribution >= 0.6 is 11.3 Å². The van der Waals surface area contributed by atoms with Gasteiger partial charge in [-0.1, -0.05) is 23.5 Å². The topological polar surface area (TPSA) is 79.6 Å². The first-order chi connectivity index (χ1) is 16.5. The number of anilines is 1. The molecule has 0 radical (unpaired) electrons. The van der Waals surface area contributed by atoms with Gasteiger partial charge in [0.15, 0.2) is 5.13 Å². The van der Waals surface area contributed by atoms with Crippen molar-refractivity contribution in [2.75, 3.05) is 31.1 Å². The summed E-state index contributed by atoms with van der Waals surface area (Å²) in [5, 5.41) is 11.4. The van der Waals surface area contributed by atoms with Crippen LogP contribution in [0.1, 0.15) is 24.0 Å². The van der Waals surface area contributed by atoms with Crippen LogP contribution in [0.5, 0.6) is 0 Å². The predicted molar refractivity (Wildman–Crippen MR) is 123 cm³/mol. The minimum Gasteiger partial charge on any atom is -0.348 e. The second-order valence-electron chi connectivity index (χ2n) is 9.19. The van der Waals surface area contributed by atoms with Crippen LogP contribution in [0.15, 0.2) is 41.2 Å². The fraction of sp³-hybridized carbons (Fsp3) is 0.391. The van der Waals surface area contributed by atoms with Crippen molar-refractivity contribution in [3.8, 4) is 0 Å². The maximum Gasteiger partial charge on any atom is 0.416 e. The molecule has 0 saturated carbocycles. The number of benzene rings is 2. The number of nitro groups is 1. The second-order valence-corrected chi connectivity index (χ2v) is 10.2. The lowest BCUT2D eigenvalue weighted by Gasteiger charge is -2.54. The third-order valence-electron chi connectivity index (χ3n) is 6.72. The maximum atomic E-state index is 13.4. The van der Waals surface area contributed by atoms with Gasteiger partial charge in [-0.25, -0.2) is 4.39 Å². The van der Waals surface area contributed by atoms with Crippen LogP contribution in [0, 0.1) is 21.3 Å². The molecule has 0 unspecified atom stereocenters. The summed E-state index contributed by atoms with van der Waals surface area (Å²) in [6, 6.07) is 7.61. The summed E-state index contributed by atoms with van der Waals surface area (Å²) in [6.45, 7) is 3.56. The van der Waals surface area contributed by atoms with Gasteiger partial charge in [-0.3, -0.25) is 19.8 Å². The highest BCUT2D eigenvalue weighted by Crippen LogP contribution is 2.43. The van der Waals surface area contributed by atoms with Gasteiger partial charge in [0, 0.05) is 38.8 Å². The molecule has 5 rings (SSSR count). The monoisotopic (exact) mass is 508 g/mol. The minimum absolute atomic E-state index is 0.108. The molecule has 12 heteroatoms. The molecule has 3 aromatic rings. The summed E-state index contributed by atoms with van der Waals surface area (Å²) in [6.07, 6.45) is -3.17. The molecule has 3 heterocycles. The van der Waals surface area contributed by atoms with Crippen LogP contribution in [0.25, 0.3) is 10.1 Å². The number of fused-ring (bicyclic) bond motifs is 1. The van der Waals surface area contributed by atoms with E-state index in [1.807, 2.05) is 11.0 Å². The number of rotatable bonds is 4. The van der Waals surface area contributed by atoms with Crippen LogP contribution in [0.4, 0.5) is 28.4 Å². The lowest BCUT2D eigenvalue weighted by Crippen LogP contribution is -2.59. The average Bonchev–Trinajstić information content (AvgIpc) is 2.77. The Balaban J connectivity index is 1.32. The third kappa shape index (κ3) is 4.59. The molecule has 35 heavy (non-hydrogen) atoms. The molecular formula is C23H20F4N4O3S. The van der Waals surface area contributed by atoms with Gasteiger partial charge in [-0.05, 0) is 42.0 Å². The number of hydrogen-bond acceptors (Lipinski definition) is 7. The van der Waals surface area contributed by atoms with E-state index in [1.54, 1.807) is 6.07 Å². The molecule has 0 N–H and O–H groups in total. The molecule has 0 bridgehead atoms. The minimum atomic E-state index is -4.82. The molecule has 2 aromatic carbocycles. The smallest absolute Gasteiger partial charge is 0.348 e. The van der Waals surface area contributed by atoms with Crippen molar-refractivity contribution in [3.63, 3.8) is 0 Å². The molecule has 1 aromatic heterocycles. The van der Waals surface area contributed by atoms with Gasteiger partial charge in [0.25, 0.3) is 11.2 Å². The van der Waals surface area contributed by atoms with E-state index in [9.17, 15) is 32.5 Å². The molecule has 0 aliphatic carbocycles. The summed E-state index contributed by atoms with van der Waals surface area (Å²) in [4.78, 5) is 31.3. The number of piperidine rings is 1. The molecule has 2 aliphatic rings. The molecule has 0 amide bonds. The Morgan fingerprint density at radius 3 is 2.49 bits per heavy atom. The largest absolute Gasteiger partial charge is 0.416 e. The van der Waals surface area contributed by atoms with Crippen molar-refractivity contribution in [2.24, 2.45) is 5.41 Å². The van der Waals surface area contributed by atoms with Gasteiger partial charge in [0.1, 0.15) is 10.5 Å². The van der Waals surface area contributed by atoms with Crippen molar-refractivity contribution in [2.45, 2.75) is 25.6 Å². The lowest BCUT2D eigenvalue weighted by atomic mass is 9.72. The number of likely N-dealkylation sites (tertiary alicyclic amines) is 1.